The lowest BCUT2D eigenvalue weighted by Gasteiger charge is -2.36. The molecule has 7 heteroatoms. The van der Waals surface area contributed by atoms with E-state index >= 15 is 0 Å². The molecule has 0 aromatic heterocycles. The van der Waals surface area contributed by atoms with E-state index in [9.17, 15) is 4.79 Å². The van der Waals surface area contributed by atoms with Crippen LogP contribution in [0.3, 0.4) is 0 Å². The SMILES string of the molecule is CC(C)(C)NC(N)=NCCC(=O)N1CCN(c2ccccc2)CC1.I. The molecule has 1 amide bonds. The highest BCUT2D eigenvalue weighted by Gasteiger charge is 2.20. The number of hydrogen-bond donors (Lipinski definition) is 2. The standard InChI is InChI=1S/C18H29N5O.HI/c1-18(2,3)21-17(19)20-10-9-16(24)23-13-11-22(12-14-23)15-7-5-4-6-8-15;/h4-8H,9-14H2,1-3H3,(H3,19,20,21);1H. The zero-order chi connectivity index (χ0) is 17.6. The molecule has 1 aliphatic heterocycles. The third kappa shape index (κ3) is 7.50. The lowest BCUT2D eigenvalue weighted by Crippen LogP contribution is -2.49. The first-order valence-electron chi connectivity index (χ1n) is 8.51. The normalized spacial score (nSPS) is 15.6. The predicted octanol–water partition coefficient (Wildman–Crippen LogP) is 2.05. The molecular weight excluding hydrogens is 429 g/mol. The number of hydrogen-bond acceptors (Lipinski definition) is 3. The van der Waals surface area contributed by atoms with Crippen molar-refractivity contribution in [2.45, 2.75) is 32.7 Å². The van der Waals surface area contributed by atoms with Gasteiger partial charge in [0.15, 0.2) is 5.96 Å². The predicted molar refractivity (Wildman–Crippen MR) is 115 cm³/mol. The molecule has 6 nitrogen and oxygen atoms in total. The highest BCUT2D eigenvalue weighted by molar-refractivity contribution is 14.0. The molecule has 0 bridgehead atoms. The van der Waals surface area contributed by atoms with Gasteiger partial charge >= 0.3 is 0 Å². The molecule has 25 heavy (non-hydrogen) atoms. The molecule has 0 spiro atoms. The number of nitrogens with one attached hydrogen (secondary N) is 1. The number of aliphatic imine (C=N–C) groups is 1. The van der Waals surface area contributed by atoms with E-state index in [0.29, 0.717) is 18.9 Å². The molecule has 140 valence electrons. The van der Waals surface area contributed by atoms with Crippen molar-refractivity contribution in [3.63, 3.8) is 0 Å². The van der Waals surface area contributed by atoms with Crippen molar-refractivity contribution < 1.29 is 4.79 Å². The molecule has 1 heterocycles. The Balaban J connectivity index is 0.00000312. The zero-order valence-corrected chi connectivity index (χ0v) is 17.7. The number of piperazine rings is 1. The van der Waals surface area contributed by atoms with Crippen LogP contribution in [0, 0.1) is 0 Å². The molecular formula is C18H30IN5O. The van der Waals surface area contributed by atoms with Crippen LogP contribution in [0.2, 0.25) is 0 Å². The molecule has 1 aliphatic rings. The first kappa shape index (κ1) is 21.5. The Kier molecular flexibility index (Phi) is 8.47. The van der Waals surface area contributed by atoms with Crippen LogP contribution in [-0.2, 0) is 4.79 Å². The van der Waals surface area contributed by atoms with E-state index in [1.54, 1.807) is 0 Å². The lowest BCUT2D eigenvalue weighted by atomic mass is 10.1. The van der Waals surface area contributed by atoms with E-state index in [2.05, 4.69) is 27.3 Å². The third-order valence-electron chi connectivity index (χ3n) is 3.86. The minimum atomic E-state index is -0.120. The number of rotatable bonds is 4. The average Bonchev–Trinajstić information content (AvgIpc) is 2.54. The fourth-order valence-electron chi connectivity index (χ4n) is 2.71. The van der Waals surface area contributed by atoms with Crippen molar-refractivity contribution in [3.05, 3.63) is 30.3 Å². The largest absolute Gasteiger partial charge is 0.370 e. The zero-order valence-electron chi connectivity index (χ0n) is 15.4. The Labute approximate surface area is 167 Å². The summed E-state index contributed by atoms with van der Waals surface area (Å²) in [5.74, 6) is 0.541. The van der Waals surface area contributed by atoms with Crippen LogP contribution in [0.1, 0.15) is 27.2 Å². The van der Waals surface area contributed by atoms with Crippen molar-refractivity contribution in [3.8, 4) is 0 Å². The van der Waals surface area contributed by atoms with Crippen LogP contribution in [0.4, 0.5) is 5.69 Å². The number of benzene rings is 1. The number of halogens is 1. The molecule has 0 atom stereocenters. The van der Waals surface area contributed by atoms with Crippen molar-refractivity contribution >= 4 is 41.5 Å². The van der Waals surface area contributed by atoms with E-state index in [-0.39, 0.29) is 35.4 Å². The van der Waals surface area contributed by atoms with Crippen LogP contribution >= 0.6 is 24.0 Å². The van der Waals surface area contributed by atoms with Crippen molar-refractivity contribution in [1.29, 1.82) is 0 Å². The molecule has 0 saturated carbocycles. The van der Waals surface area contributed by atoms with Crippen molar-refractivity contribution in [2.24, 2.45) is 10.7 Å². The summed E-state index contributed by atoms with van der Waals surface area (Å²) in [4.78, 5) is 20.7. The maximum Gasteiger partial charge on any atom is 0.224 e. The summed E-state index contributed by atoms with van der Waals surface area (Å²) in [6.45, 7) is 9.73. The van der Waals surface area contributed by atoms with E-state index in [1.807, 2.05) is 43.9 Å². The van der Waals surface area contributed by atoms with Crippen LogP contribution < -0.4 is 16.0 Å². The fraction of sp³-hybridized carbons (Fsp3) is 0.556. The molecule has 0 radical (unpaired) electrons. The van der Waals surface area contributed by atoms with Gasteiger partial charge in [0.25, 0.3) is 0 Å². The van der Waals surface area contributed by atoms with Gasteiger partial charge in [0.05, 0.1) is 6.54 Å². The van der Waals surface area contributed by atoms with Gasteiger partial charge in [-0.05, 0) is 32.9 Å². The average molecular weight is 459 g/mol. The summed E-state index contributed by atoms with van der Waals surface area (Å²) in [6.07, 6.45) is 0.401. The summed E-state index contributed by atoms with van der Waals surface area (Å²) in [7, 11) is 0. The van der Waals surface area contributed by atoms with Gasteiger partial charge in [0.1, 0.15) is 0 Å². The Morgan fingerprint density at radius 2 is 1.76 bits per heavy atom. The van der Waals surface area contributed by atoms with Gasteiger partial charge in [-0.2, -0.15) is 0 Å². The van der Waals surface area contributed by atoms with Gasteiger partial charge in [-0.25, -0.2) is 0 Å². The van der Waals surface area contributed by atoms with Gasteiger partial charge in [-0.3, -0.25) is 9.79 Å². The van der Waals surface area contributed by atoms with Gasteiger partial charge in [0.2, 0.25) is 5.91 Å². The number of anilines is 1. The Morgan fingerprint density at radius 1 is 1.16 bits per heavy atom. The number of nitrogens with zero attached hydrogens (tertiary/aromatic N) is 3. The summed E-state index contributed by atoms with van der Waals surface area (Å²) < 4.78 is 0. The van der Waals surface area contributed by atoms with Gasteiger partial charge < -0.3 is 20.9 Å². The number of nitrogens with two attached hydrogens (primary N) is 1. The smallest absolute Gasteiger partial charge is 0.224 e. The van der Waals surface area contributed by atoms with Crippen molar-refractivity contribution in [1.82, 2.24) is 10.2 Å². The Hall–Kier alpha value is -1.51. The third-order valence-corrected chi connectivity index (χ3v) is 3.86. The highest BCUT2D eigenvalue weighted by atomic mass is 127. The summed E-state index contributed by atoms with van der Waals surface area (Å²) in [6, 6.07) is 10.3. The lowest BCUT2D eigenvalue weighted by molar-refractivity contribution is -0.131. The molecule has 1 aromatic carbocycles. The molecule has 2 rings (SSSR count). The Bertz CT molecular complexity index is 563. The monoisotopic (exact) mass is 459 g/mol. The number of carbonyl (C=O) groups excluding carboxylic acids is 1. The second-order valence-electron chi connectivity index (χ2n) is 7.10. The molecule has 0 aliphatic carbocycles. The highest BCUT2D eigenvalue weighted by Crippen LogP contribution is 2.15. The topological polar surface area (TPSA) is 74.0 Å². The van der Waals surface area contributed by atoms with Gasteiger partial charge in [-0.15, -0.1) is 24.0 Å². The quantitative estimate of drug-likeness (QED) is 0.411. The van der Waals surface area contributed by atoms with Crippen LogP contribution in [-0.4, -0.2) is 55.0 Å². The van der Waals surface area contributed by atoms with E-state index in [1.165, 1.54) is 5.69 Å². The number of para-hydroxylation sites is 1. The number of guanidine groups is 1. The summed E-state index contributed by atoms with van der Waals surface area (Å²) in [5.41, 5.74) is 6.91. The van der Waals surface area contributed by atoms with E-state index in [4.69, 9.17) is 5.73 Å². The van der Waals surface area contributed by atoms with Crippen LogP contribution in [0.25, 0.3) is 0 Å². The number of carbonyl (C=O) groups is 1. The second-order valence-corrected chi connectivity index (χ2v) is 7.10. The maximum atomic E-state index is 12.3. The minimum absolute atomic E-state index is 0. The van der Waals surface area contributed by atoms with Gasteiger partial charge in [-0.1, -0.05) is 18.2 Å². The first-order valence-corrected chi connectivity index (χ1v) is 8.51. The minimum Gasteiger partial charge on any atom is -0.370 e. The molecule has 0 unspecified atom stereocenters. The molecule has 1 saturated heterocycles. The molecule has 3 N–H and O–H groups in total. The second kappa shape index (κ2) is 9.84. The molecule has 1 fully saturated rings. The maximum absolute atomic E-state index is 12.3. The van der Waals surface area contributed by atoms with E-state index < -0.39 is 0 Å². The molecule has 1 aromatic rings. The van der Waals surface area contributed by atoms with Crippen LogP contribution in [0.5, 0.6) is 0 Å². The first-order chi connectivity index (χ1) is 11.3. The van der Waals surface area contributed by atoms with Crippen LogP contribution in [0.15, 0.2) is 35.3 Å². The van der Waals surface area contributed by atoms with Gasteiger partial charge in [0, 0.05) is 43.8 Å². The fourth-order valence-corrected chi connectivity index (χ4v) is 2.71. The summed E-state index contributed by atoms with van der Waals surface area (Å²) >= 11 is 0. The van der Waals surface area contributed by atoms with Crippen molar-refractivity contribution in [2.75, 3.05) is 37.6 Å². The van der Waals surface area contributed by atoms with E-state index in [0.717, 1.165) is 26.2 Å². The number of amides is 1. The Morgan fingerprint density at radius 3 is 2.32 bits per heavy atom. The summed E-state index contributed by atoms with van der Waals surface area (Å²) in [5, 5.41) is 3.09.